The number of hydrogen-bond donors (Lipinski definition) is 2. The molecule has 7 nitrogen and oxygen atoms in total. The molecule has 1 aliphatic rings. The standard InChI is InChI=1S/C19H38N4O3.HI/c1-6-8-9-16(7-2)14-21-18(22-15-17(24)23(4)5)20-11-10-19(3)25-12-13-26-19;/h16H,6-15H2,1-5H3,(H2,20,21,22);1H. The normalized spacial score (nSPS) is 17.1. The zero-order valence-corrected chi connectivity index (χ0v) is 20.0. The van der Waals surface area contributed by atoms with Gasteiger partial charge in [-0.2, -0.15) is 0 Å². The number of guanidine groups is 1. The molecule has 0 aromatic rings. The van der Waals surface area contributed by atoms with Gasteiger partial charge in [-0.1, -0.05) is 33.1 Å². The Balaban J connectivity index is 0.00000676. The van der Waals surface area contributed by atoms with Crippen LogP contribution in [0.2, 0.25) is 0 Å². The molecule has 1 rings (SSSR count). The zero-order valence-electron chi connectivity index (χ0n) is 17.7. The summed E-state index contributed by atoms with van der Waals surface area (Å²) < 4.78 is 11.3. The first-order valence-corrected chi connectivity index (χ1v) is 9.90. The Kier molecular flexibility index (Phi) is 14.1. The topological polar surface area (TPSA) is 75.2 Å². The fraction of sp³-hybridized carbons (Fsp3) is 0.895. The summed E-state index contributed by atoms with van der Waals surface area (Å²) in [6, 6.07) is 0. The Morgan fingerprint density at radius 2 is 1.89 bits per heavy atom. The van der Waals surface area contributed by atoms with E-state index in [1.807, 2.05) is 6.92 Å². The van der Waals surface area contributed by atoms with E-state index in [-0.39, 0.29) is 36.4 Å². The van der Waals surface area contributed by atoms with Crippen LogP contribution in [-0.2, 0) is 14.3 Å². The molecule has 1 amide bonds. The second-order valence-corrected chi connectivity index (χ2v) is 7.26. The Labute approximate surface area is 182 Å². The minimum Gasteiger partial charge on any atom is -0.356 e. The predicted octanol–water partition coefficient (Wildman–Crippen LogP) is 2.60. The molecule has 8 heteroatoms. The molecule has 1 heterocycles. The maximum atomic E-state index is 11.8. The van der Waals surface area contributed by atoms with Gasteiger partial charge in [0.15, 0.2) is 11.7 Å². The van der Waals surface area contributed by atoms with E-state index in [1.165, 1.54) is 19.3 Å². The summed E-state index contributed by atoms with van der Waals surface area (Å²) in [5.41, 5.74) is 0. The van der Waals surface area contributed by atoms with Crippen molar-refractivity contribution in [3.05, 3.63) is 0 Å². The smallest absolute Gasteiger partial charge is 0.243 e. The molecule has 0 spiro atoms. The van der Waals surface area contributed by atoms with Gasteiger partial charge in [0, 0.05) is 33.6 Å². The quantitative estimate of drug-likeness (QED) is 0.260. The van der Waals surface area contributed by atoms with E-state index in [2.05, 4.69) is 29.5 Å². The summed E-state index contributed by atoms with van der Waals surface area (Å²) in [5.74, 6) is 0.755. The van der Waals surface area contributed by atoms with E-state index in [0.29, 0.717) is 31.6 Å². The number of hydrogen-bond acceptors (Lipinski definition) is 4. The lowest BCUT2D eigenvalue weighted by Gasteiger charge is -2.23. The van der Waals surface area contributed by atoms with Crippen LogP contribution in [0.3, 0.4) is 0 Å². The van der Waals surface area contributed by atoms with Crippen LogP contribution in [0.1, 0.15) is 52.9 Å². The lowest BCUT2D eigenvalue weighted by Crippen LogP contribution is -2.43. The molecule has 160 valence electrons. The van der Waals surface area contributed by atoms with Gasteiger partial charge in [0.1, 0.15) is 6.54 Å². The number of nitrogens with one attached hydrogen (secondary N) is 2. The number of amides is 1. The van der Waals surface area contributed by atoms with Crippen molar-refractivity contribution >= 4 is 35.8 Å². The molecule has 1 saturated heterocycles. The molecular formula is C19H39IN4O3. The summed E-state index contributed by atoms with van der Waals surface area (Å²) in [5, 5.41) is 6.71. The van der Waals surface area contributed by atoms with Crippen LogP contribution in [-0.4, -0.2) is 69.5 Å². The van der Waals surface area contributed by atoms with Crippen molar-refractivity contribution in [2.24, 2.45) is 10.9 Å². The van der Waals surface area contributed by atoms with Crippen molar-refractivity contribution < 1.29 is 14.3 Å². The van der Waals surface area contributed by atoms with Crippen LogP contribution in [0.15, 0.2) is 4.99 Å². The third-order valence-corrected chi connectivity index (χ3v) is 4.74. The highest BCUT2D eigenvalue weighted by Gasteiger charge is 2.30. The number of likely N-dealkylation sites (N-methyl/N-ethyl adjacent to an activating group) is 1. The predicted molar refractivity (Wildman–Crippen MR) is 121 cm³/mol. The molecule has 1 aliphatic heterocycles. The highest BCUT2D eigenvalue weighted by atomic mass is 127. The largest absolute Gasteiger partial charge is 0.356 e. The van der Waals surface area contributed by atoms with Gasteiger partial charge in [0.2, 0.25) is 5.91 Å². The second kappa shape index (κ2) is 14.4. The molecule has 0 saturated carbocycles. The van der Waals surface area contributed by atoms with Crippen LogP contribution in [0.25, 0.3) is 0 Å². The average molecular weight is 498 g/mol. The molecular weight excluding hydrogens is 459 g/mol. The van der Waals surface area contributed by atoms with E-state index >= 15 is 0 Å². The highest BCUT2D eigenvalue weighted by Crippen LogP contribution is 2.21. The molecule has 27 heavy (non-hydrogen) atoms. The van der Waals surface area contributed by atoms with Crippen molar-refractivity contribution in [2.45, 2.75) is 58.7 Å². The number of nitrogens with zero attached hydrogens (tertiary/aromatic N) is 2. The zero-order chi connectivity index (χ0) is 19.4. The Morgan fingerprint density at radius 3 is 2.44 bits per heavy atom. The van der Waals surface area contributed by atoms with Crippen molar-refractivity contribution in [3.8, 4) is 0 Å². The number of rotatable bonds is 11. The summed E-state index contributed by atoms with van der Waals surface area (Å²) in [7, 11) is 3.48. The monoisotopic (exact) mass is 498 g/mol. The van der Waals surface area contributed by atoms with Gasteiger partial charge in [0.05, 0.1) is 13.2 Å². The van der Waals surface area contributed by atoms with Crippen molar-refractivity contribution in [1.29, 1.82) is 0 Å². The van der Waals surface area contributed by atoms with Crippen LogP contribution in [0, 0.1) is 5.92 Å². The number of ether oxygens (including phenoxy) is 2. The van der Waals surface area contributed by atoms with E-state index < -0.39 is 5.79 Å². The average Bonchev–Trinajstić information content (AvgIpc) is 3.05. The molecule has 1 fully saturated rings. The van der Waals surface area contributed by atoms with Crippen LogP contribution < -0.4 is 10.6 Å². The van der Waals surface area contributed by atoms with Crippen LogP contribution >= 0.6 is 24.0 Å². The molecule has 1 atom stereocenters. The summed E-state index contributed by atoms with van der Waals surface area (Å²) in [4.78, 5) is 17.8. The lowest BCUT2D eigenvalue weighted by molar-refractivity contribution is -0.145. The Hall–Kier alpha value is -0.610. The maximum Gasteiger partial charge on any atom is 0.243 e. The van der Waals surface area contributed by atoms with E-state index in [1.54, 1.807) is 19.0 Å². The third kappa shape index (κ3) is 11.1. The first-order chi connectivity index (χ1) is 12.4. The molecule has 1 unspecified atom stereocenters. The van der Waals surface area contributed by atoms with Crippen molar-refractivity contribution in [2.75, 3.05) is 46.9 Å². The number of halogens is 1. The number of carbonyl (C=O) groups is 1. The van der Waals surface area contributed by atoms with Crippen molar-refractivity contribution in [3.63, 3.8) is 0 Å². The highest BCUT2D eigenvalue weighted by molar-refractivity contribution is 14.0. The molecule has 0 aliphatic carbocycles. The van der Waals surface area contributed by atoms with Crippen LogP contribution in [0.4, 0.5) is 0 Å². The fourth-order valence-corrected chi connectivity index (χ4v) is 2.76. The van der Waals surface area contributed by atoms with Gasteiger partial charge in [-0.05, 0) is 19.3 Å². The third-order valence-electron chi connectivity index (χ3n) is 4.74. The maximum absolute atomic E-state index is 11.8. The second-order valence-electron chi connectivity index (χ2n) is 7.26. The lowest BCUT2D eigenvalue weighted by atomic mass is 9.99. The van der Waals surface area contributed by atoms with E-state index in [0.717, 1.165) is 19.4 Å². The molecule has 0 radical (unpaired) electrons. The van der Waals surface area contributed by atoms with E-state index in [9.17, 15) is 4.79 Å². The first kappa shape index (κ1) is 26.4. The van der Waals surface area contributed by atoms with Gasteiger partial charge in [-0.3, -0.25) is 4.79 Å². The van der Waals surface area contributed by atoms with E-state index in [4.69, 9.17) is 9.47 Å². The molecule has 0 aromatic carbocycles. The molecule has 0 bridgehead atoms. The number of aliphatic imine (C=N–C) groups is 1. The SMILES string of the molecule is CCCCC(CC)CNC(=NCC(=O)N(C)C)NCCC1(C)OCCO1.I. The summed E-state index contributed by atoms with van der Waals surface area (Å²) in [6.45, 7) is 9.35. The molecule has 2 N–H and O–H groups in total. The van der Waals surface area contributed by atoms with Crippen LogP contribution in [0.5, 0.6) is 0 Å². The fourth-order valence-electron chi connectivity index (χ4n) is 2.76. The van der Waals surface area contributed by atoms with Gasteiger partial charge in [0.25, 0.3) is 0 Å². The Bertz CT molecular complexity index is 441. The first-order valence-electron chi connectivity index (χ1n) is 9.90. The Morgan fingerprint density at radius 1 is 1.22 bits per heavy atom. The number of unbranched alkanes of at least 4 members (excludes halogenated alkanes) is 1. The van der Waals surface area contributed by atoms with Gasteiger partial charge >= 0.3 is 0 Å². The van der Waals surface area contributed by atoms with Gasteiger partial charge in [-0.15, -0.1) is 24.0 Å². The minimum absolute atomic E-state index is 0. The summed E-state index contributed by atoms with van der Waals surface area (Å²) >= 11 is 0. The summed E-state index contributed by atoms with van der Waals surface area (Å²) in [6.07, 6.45) is 5.53. The number of carbonyl (C=O) groups excluding carboxylic acids is 1. The van der Waals surface area contributed by atoms with Gasteiger partial charge < -0.3 is 25.0 Å². The molecule has 0 aromatic heterocycles. The van der Waals surface area contributed by atoms with Crippen molar-refractivity contribution in [1.82, 2.24) is 15.5 Å². The minimum atomic E-state index is -0.523. The van der Waals surface area contributed by atoms with Gasteiger partial charge in [-0.25, -0.2) is 4.99 Å².